The maximum absolute atomic E-state index is 13.0. The van der Waals surface area contributed by atoms with E-state index < -0.39 is 10.2 Å². The fourth-order valence-electron chi connectivity index (χ4n) is 2.85. The van der Waals surface area contributed by atoms with Crippen LogP contribution < -0.4 is 5.32 Å². The molecule has 0 bridgehead atoms. The maximum Gasteiger partial charge on any atom is 0.282 e. The van der Waals surface area contributed by atoms with Gasteiger partial charge in [0.2, 0.25) is 5.91 Å². The van der Waals surface area contributed by atoms with Crippen LogP contribution in [0.25, 0.3) is 0 Å². The molecule has 1 fully saturated rings. The van der Waals surface area contributed by atoms with E-state index in [1.807, 2.05) is 31.2 Å². The molecule has 2 aromatic rings. The van der Waals surface area contributed by atoms with Crippen molar-refractivity contribution in [1.29, 1.82) is 0 Å². The summed E-state index contributed by atoms with van der Waals surface area (Å²) in [6, 6.07) is 13.5. The molecule has 0 aliphatic carbocycles. The summed E-state index contributed by atoms with van der Waals surface area (Å²) in [5.74, 6) is -0.710. The predicted octanol–water partition coefficient (Wildman–Crippen LogP) is 1.81. The second-order valence-corrected chi connectivity index (χ2v) is 8.49. The van der Waals surface area contributed by atoms with Crippen molar-refractivity contribution >= 4 is 16.1 Å². The van der Waals surface area contributed by atoms with Crippen molar-refractivity contribution in [2.75, 3.05) is 19.6 Å². The van der Waals surface area contributed by atoms with Crippen molar-refractivity contribution in [3.05, 3.63) is 71.0 Å². The van der Waals surface area contributed by atoms with Gasteiger partial charge in [-0.05, 0) is 30.2 Å². The summed E-state index contributed by atoms with van der Waals surface area (Å²) in [6.07, 6.45) is 0. The molecule has 0 aromatic heterocycles. The topological polar surface area (TPSA) is 69.7 Å². The van der Waals surface area contributed by atoms with Crippen molar-refractivity contribution < 1.29 is 17.6 Å². The van der Waals surface area contributed by atoms with Crippen LogP contribution in [0.5, 0.6) is 0 Å². The molecule has 0 unspecified atom stereocenters. The van der Waals surface area contributed by atoms with Gasteiger partial charge in [0.05, 0.1) is 6.54 Å². The Labute approximate surface area is 158 Å². The lowest BCUT2D eigenvalue weighted by Gasteiger charge is -2.18. The van der Waals surface area contributed by atoms with Crippen LogP contribution in [0.2, 0.25) is 0 Å². The van der Waals surface area contributed by atoms with Crippen LogP contribution in [0.3, 0.4) is 0 Å². The highest BCUT2D eigenvalue weighted by atomic mass is 32.2. The van der Waals surface area contributed by atoms with Gasteiger partial charge in [-0.15, -0.1) is 0 Å². The molecule has 0 radical (unpaired) electrons. The van der Waals surface area contributed by atoms with E-state index in [4.69, 9.17) is 0 Å². The number of nitrogens with zero attached hydrogens (tertiary/aromatic N) is 2. The fourth-order valence-corrected chi connectivity index (χ4v) is 4.40. The van der Waals surface area contributed by atoms with Gasteiger partial charge in [0, 0.05) is 26.2 Å². The normalized spacial score (nSPS) is 17.1. The van der Waals surface area contributed by atoms with E-state index >= 15 is 0 Å². The summed E-state index contributed by atoms with van der Waals surface area (Å²) in [5.41, 5.74) is 2.79. The van der Waals surface area contributed by atoms with Gasteiger partial charge in [-0.3, -0.25) is 4.79 Å². The molecule has 1 N–H and O–H groups in total. The number of rotatable bonds is 6. The Hall–Kier alpha value is -2.29. The summed E-state index contributed by atoms with van der Waals surface area (Å²) in [5, 5.41) is 2.75. The van der Waals surface area contributed by atoms with Crippen molar-refractivity contribution in [2.45, 2.75) is 20.0 Å². The van der Waals surface area contributed by atoms with E-state index in [0.717, 1.165) is 11.1 Å². The zero-order valence-corrected chi connectivity index (χ0v) is 15.9. The largest absolute Gasteiger partial charge is 0.351 e. The second-order valence-electron chi connectivity index (χ2n) is 6.56. The molecule has 0 atom stereocenters. The molecule has 1 aliphatic heterocycles. The summed E-state index contributed by atoms with van der Waals surface area (Å²) in [6.45, 7) is 2.83. The Bertz CT molecular complexity index is 899. The highest BCUT2D eigenvalue weighted by molar-refractivity contribution is 7.87. The lowest BCUT2D eigenvalue weighted by molar-refractivity contribution is -0.121. The molecule has 1 aliphatic rings. The van der Waals surface area contributed by atoms with E-state index in [-0.39, 0.29) is 31.4 Å². The average molecular weight is 391 g/mol. The monoisotopic (exact) mass is 391 g/mol. The Morgan fingerprint density at radius 1 is 1.00 bits per heavy atom. The van der Waals surface area contributed by atoms with Crippen LogP contribution in [0.1, 0.15) is 16.7 Å². The van der Waals surface area contributed by atoms with Crippen LogP contribution in [0.15, 0.2) is 48.5 Å². The highest BCUT2D eigenvalue weighted by Crippen LogP contribution is 2.19. The Kier molecular flexibility index (Phi) is 5.88. The van der Waals surface area contributed by atoms with Crippen LogP contribution in [0.4, 0.5) is 4.39 Å². The molecule has 8 heteroatoms. The highest BCUT2D eigenvalue weighted by Gasteiger charge is 2.37. The molecule has 1 heterocycles. The quantitative estimate of drug-likeness (QED) is 0.817. The average Bonchev–Trinajstić information content (AvgIpc) is 2.91. The van der Waals surface area contributed by atoms with Crippen LogP contribution >= 0.6 is 0 Å². The number of carbonyl (C=O) groups is 1. The number of benzene rings is 2. The maximum atomic E-state index is 13.0. The van der Waals surface area contributed by atoms with Crippen LogP contribution in [-0.4, -0.2) is 42.6 Å². The lowest BCUT2D eigenvalue weighted by atomic mass is 10.1. The first-order valence-electron chi connectivity index (χ1n) is 8.66. The van der Waals surface area contributed by atoms with Gasteiger partial charge in [-0.2, -0.15) is 17.0 Å². The zero-order chi connectivity index (χ0) is 19.4. The minimum absolute atomic E-state index is 0.157. The van der Waals surface area contributed by atoms with E-state index in [0.29, 0.717) is 18.7 Å². The zero-order valence-electron chi connectivity index (χ0n) is 15.1. The number of carbonyl (C=O) groups excluding carboxylic acids is 1. The summed E-state index contributed by atoms with van der Waals surface area (Å²) < 4.78 is 40.7. The van der Waals surface area contributed by atoms with Crippen molar-refractivity contribution in [2.24, 2.45) is 0 Å². The molecular formula is C19H22FN3O3S. The van der Waals surface area contributed by atoms with Crippen molar-refractivity contribution in [3.63, 3.8) is 0 Å². The van der Waals surface area contributed by atoms with Gasteiger partial charge in [0.15, 0.2) is 0 Å². The van der Waals surface area contributed by atoms with Crippen LogP contribution in [-0.2, 0) is 28.1 Å². The molecule has 1 amide bonds. The molecule has 0 spiro atoms. The van der Waals surface area contributed by atoms with Gasteiger partial charge in [-0.25, -0.2) is 4.39 Å². The number of nitrogens with one attached hydrogen (secondary N) is 1. The van der Waals surface area contributed by atoms with E-state index in [2.05, 4.69) is 5.32 Å². The molecule has 0 saturated carbocycles. The Balaban J connectivity index is 1.55. The summed E-state index contributed by atoms with van der Waals surface area (Å²) >= 11 is 0. The van der Waals surface area contributed by atoms with Gasteiger partial charge in [-0.1, -0.05) is 42.0 Å². The fraction of sp³-hybridized carbons (Fsp3) is 0.316. The second kappa shape index (κ2) is 8.16. The van der Waals surface area contributed by atoms with E-state index in [1.165, 1.54) is 20.7 Å². The number of halogens is 1. The van der Waals surface area contributed by atoms with Crippen LogP contribution in [0, 0.1) is 12.7 Å². The summed E-state index contributed by atoms with van der Waals surface area (Å²) in [4.78, 5) is 12.2. The third kappa shape index (κ3) is 4.91. The number of amides is 1. The minimum Gasteiger partial charge on any atom is -0.351 e. The number of hydrogen-bond acceptors (Lipinski definition) is 3. The van der Waals surface area contributed by atoms with E-state index in [1.54, 1.807) is 12.1 Å². The summed E-state index contributed by atoms with van der Waals surface area (Å²) in [7, 11) is -3.71. The Morgan fingerprint density at radius 3 is 2.26 bits per heavy atom. The standard InChI is InChI=1S/C19H22FN3O3S/c1-15-2-4-16(5-3-15)12-21-19(24)14-23-11-10-22(27(23,25)26)13-17-6-8-18(20)9-7-17/h2-9H,10-14H2,1H3,(H,21,24). The number of aryl methyl sites for hydroxylation is 1. The molecule has 6 nitrogen and oxygen atoms in total. The molecule has 2 aromatic carbocycles. The SMILES string of the molecule is Cc1ccc(CNC(=O)CN2CCN(Cc3ccc(F)cc3)S2(=O)=O)cc1. The van der Waals surface area contributed by atoms with Gasteiger partial charge < -0.3 is 5.32 Å². The Morgan fingerprint density at radius 2 is 1.59 bits per heavy atom. The smallest absolute Gasteiger partial charge is 0.282 e. The molecular weight excluding hydrogens is 369 g/mol. The van der Waals surface area contributed by atoms with Crippen molar-refractivity contribution in [3.8, 4) is 0 Å². The third-order valence-corrected chi connectivity index (χ3v) is 6.38. The van der Waals surface area contributed by atoms with Gasteiger partial charge in [0.1, 0.15) is 5.82 Å². The van der Waals surface area contributed by atoms with Gasteiger partial charge >= 0.3 is 0 Å². The number of hydrogen-bond donors (Lipinski definition) is 1. The lowest BCUT2D eigenvalue weighted by Crippen LogP contribution is -2.40. The first kappa shape index (κ1) is 19.5. The third-order valence-electron chi connectivity index (χ3n) is 4.45. The molecule has 144 valence electrons. The minimum atomic E-state index is -3.71. The molecule has 1 saturated heterocycles. The first-order chi connectivity index (χ1) is 12.8. The molecule has 3 rings (SSSR count). The molecule has 27 heavy (non-hydrogen) atoms. The first-order valence-corrected chi connectivity index (χ1v) is 10.1. The van der Waals surface area contributed by atoms with Gasteiger partial charge in [0.25, 0.3) is 10.2 Å². The predicted molar refractivity (Wildman–Crippen MR) is 100 cm³/mol. The van der Waals surface area contributed by atoms with E-state index in [9.17, 15) is 17.6 Å². The van der Waals surface area contributed by atoms with Crippen molar-refractivity contribution in [1.82, 2.24) is 13.9 Å².